The molecule has 0 unspecified atom stereocenters. The smallest absolute Gasteiger partial charge is 0.228 e. The highest BCUT2D eigenvalue weighted by Crippen LogP contribution is 2.64. The summed E-state index contributed by atoms with van der Waals surface area (Å²) >= 11 is 3.94. The molecule has 124 valence electrons. The molecule has 0 aromatic carbocycles. The van der Waals surface area contributed by atoms with Gasteiger partial charge in [-0.15, -0.1) is 0 Å². The number of alkyl halides is 1. The Kier molecular flexibility index (Phi) is 3.31. The molecule has 5 fully saturated rings. The number of carbonyl (C=O) groups is 1. The summed E-state index contributed by atoms with van der Waals surface area (Å²) in [6.07, 6.45) is 7.27. The maximum atomic E-state index is 13.2. The molecule has 4 bridgehead atoms. The molecule has 0 aromatic heterocycles. The van der Waals surface area contributed by atoms with Gasteiger partial charge >= 0.3 is 0 Å². The van der Waals surface area contributed by atoms with E-state index in [1.54, 1.807) is 4.90 Å². The monoisotopic (exact) mass is 389 g/mol. The van der Waals surface area contributed by atoms with Gasteiger partial charge in [-0.25, -0.2) is 8.42 Å². The van der Waals surface area contributed by atoms with Gasteiger partial charge < -0.3 is 4.90 Å². The summed E-state index contributed by atoms with van der Waals surface area (Å²) in [7, 11) is -1.12. The molecular formula is C16H24BrNO3S. The van der Waals surface area contributed by atoms with E-state index in [9.17, 15) is 13.2 Å². The van der Waals surface area contributed by atoms with E-state index in [2.05, 4.69) is 15.9 Å². The summed E-state index contributed by atoms with van der Waals surface area (Å²) in [5.41, 5.74) is -0.227. The third-order valence-electron chi connectivity index (χ3n) is 6.52. The first-order valence-electron chi connectivity index (χ1n) is 8.37. The highest BCUT2D eigenvalue weighted by atomic mass is 79.9. The molecule has 4 nitrogen and oxygen atoms in total. The Hall–Kier alpha value is -0.100. The lowest BCUT2D eigenvalue weighted by atomic mass is 9.49. The van der Waals surface area contributed by atoms with Crippen LogP contribution in [0.4, 0.5) is 0 Å². The molecule has 0 N–H and O–H groups in total. The fraction of sp³-hybridized carbons (Fsp3) is 0.938. The van der Waals surface area contributed by atoms with Gasteiger partial charge in [0.1, 0.15) is 0 Å². The van der Waals surface area contributed by atoms with Gasteiger partial charge in [0.15, 0.2) is 9.84 Å². The van der Waals surface area contributed by atoms with Gasteiger partial charge in [0.2, 0.25) is 5.91 Å². The molecule has 1 aliphatic heterocycles. The highest BCUT2D eigenvalue weighted by Gasteiger charge is 2.60. The Labute approximate surface area is 141 Å². The maximum absolute atomic E-state index is 13.2. The molecular weight excluding hydrogens is 366 g/mol. The number of hydrogen-bond donors (Lipinski definition) is 0. The molecule has 0 spiro atoms. The molecule has 1 heterocycles. The number of rotatable bonds is 2. The fourth-order valence-electron chi connectivity index (χ4n) is 6.02. The van der Waals surface area contributed by atoms with Crippen molar-refractivity contribution in [2.24, 2.45) is 17.3 Å². The van der Waals surface area contributed by atoms with Gasteiger partial charge in [0.25, 0.3) is 0 Å². The van der Waals surface area contributed by atoms with E-state index in [4.69, 9.17) is 0 Å². The van der Waals surface area contributed by atoms with E-state index in [1.165, 1.54) is 19.3 Å². The third kappa shape index (κ3) is 2.36. The zero-order valence-electron chi connectivity index (χ0n) is 13.1. The first kappa shape index (κ1) is 15.4. The Morgan fingerprint density at radius 2 is 1.82 bits per heavy atom. The summed E-state index contributed by atoms with van der Waals surface area (Å²) < 4.78 is 23.6. The average Bonchev–Trinajstić information content (AvgIpc) is 2.74. The summed E-state index contributed by atoms with van der Waals surface area (Å²) in [5, 5.41) is 0. The van der Waals surface area contributed by atoms with Crippen LogP contribution in [-0.2, 0) is 14.6 Å². The summed E-state index contributed by atoms with van der Waals surface area (Å²) in [6, 6.07) is -0.114. The second-order valence-corrected chi connectivity index (χ2v) is 12.3. The Morgan fingerprint density at radius 1 is 1.18 bits per heavy atom. The number of amides is 1. The van der Waals surface area contributed by atoms with E-state index in [0.29, 0.717) is 18.3 Å². The Balaban J connectivity index is 1.57. The van der Waals surface area contributed by atoms with Crippen LogP contribution >= 0.6 is 15.9 Å². The predicted octanol–water partition coefficient (Wildman–Crippen LogP) is 2.37. The van der Waals surface area contributed by atoms with E-state index in [0.717, 1.165) is 19.3 Å². The molecule has 1 saturated heterocycles. The van der Waals surface area contributed by atoms with Crippen LogP contribution in [0.3, 0.4) is 0 Å². The molecule has 3 atom stereocenters. The molecule has 6 heteroatoms. The normalized spacial score (nSPS) is 48.5. The van der Waals surface area contributed by atoms with Crippen LogP contribution in [0.15, 0.2) is 0 Å². The topological polar surface area (TPSA) is 54.5 Å². The number of hydrogen-bond acceptors (Lipinski definition) is 3. The van der Waals surface area contributed by atoms with E-state index >= 15 is 0 Å². The minimum Gasteiger partial charge on any atom is -0.341 e. The summed E-state index contributed by atoms with van der Waals surface area (Å²) in [4.78, 5) is 15.0. The Bertz CT molecular complexity index is 603. The van der Waals surface area contributed by atoms with Crippen molar-refractivity contribution in [3.05, 3.63) is 0 Å². The van der Waals surface area contributed by atoms with Gasteiger partial charge in [-0.1, -0.05) is 15.9 Å². The second-order valence-electron chi connectivity index (χ2n) is 8.37. The number of nitrogens with zero attached hydrogens (tertiary/aromatic N) is 1. The van der Waals surface area contributed by atoms with Gasteiger partial charge in [0, 0.05) is 17.4 Å². The molecule has 0 aromatic rings. The second kappa shape index (κ2) is 4.71. The van der Waals surface area contributed by atoms with Crippen LogP contribution in [0, 0.1) is 17.3 Å². The van der Waals surface area contributed by atoms with Crippen LogP contribution < -0.4 is 0 Å². The third-order valence-corrected chi connectivity index (χ3v) is 9.20. The molecule has 5 rings (SSSR count). The first-order valence-corrected chi connectivity index (χ1v) is 11.0. The SMILES string of the molecule is CN(C(=O)C12C[C@H]3C[C@@H](CC(Br)(C3)C1)C2)[C@@H]1CCS(=O)(=O)C1. The van der Waals surface area contributed by atoms with Crippen molar-refractivity contribution in [3.8, 4) is 0 Å². The van der Waals surface area contributed by atoms with Gasteiger partial charge in [0.05, 0.1) is 16.9 Å². The van der Waals surface area contributed by atoms with Gasteiger partial charge in [-0.3, -0.25) is 4.79 Å². The minimum atomic E-state index is -2.95. The number of carbonyl (C=O) groups excluding carboxylic acids is 1. The van der Waals surface area contributed by atoms with Crippen molar-refractivity contribution < 1.29 is 13.2 Å². The van der Waals surface area contributed by atoms with Crippen LogP contribution in [0.2, 0.25) is 0 Å². The minimum absolute atomic E-state index is 0.114. The standard InChI is InChI=1S/C16H24BrNO3S/c1-18(13-2-3-22(20,21)9-13)14(19)15-5-11-4-12(6-15)8-16(17,7-11)10-15/h11-13H,2-10H2,1H3/t11-,12-,13-,15?,16?/m1/s1. The molecule has 5 aliphatic rings. The predicted molar refractivity (Wildman–Crippen MR) is 88.6 cm³/mol. The van der Waals surface area contributed by atoms with Crippen LogP contribution in [0.1, 0.15) is 44.9 Å². The van der Waals surface area contributed by atoms with Crippen molar-refractivity contribution >= 4 is 31.7 Å². The molecule has 22 heavy (non-hydrogen) atoms. The average molecular weight is 390 g/mol. The van der Waals surface area contributed by atoms with Crippen molar-refractivity contribution in [2.45, 2.75) is 55.3 Å². The number of sulfone groups is 1. The zero-order chi connectivity index (χ0) is 15.8. The van der Waals surface area contributed by atoms with Crippen molar-refractivity contribution in [3.63, 3.8) is 0 Å². The van der Waals surface area contributed by atoms with Gasteiger partial charge in [-0.2, -0.15) is 0 Å². The Morgan fingerprint density at radius 3 is 2.32 bits per heavy atom. The summed E-state index contributed by atoms with van der Waals surface area (Å²) in [5.74, 6) is 1.94. The lowest BCUT2D eigenvalue weighted by Gasteiger charge is -2.60. The fourth-order valence-corrected chi connectivity index (χ4v) is 9.25. The molecule has 4 saturated carbocycles. The van der Waals surface area contributed by atoms with Crippen LogP contribution in [0.5, 0.6) is 0 Å². The maximum Gasteiger partial charge on any atom is 0.228 e. The van der Waals surface area contributed by atoms with E-state index in [-0.39, 0.29) is 33.2 Å². The quantitative estimate of drug-likeness (QED) is 0.681. The van der Waals surface area contributed by atoms with Crippen molar-refractivity contribution in [1.29, 1.82) is 0 Å². The van der Waals surface area contributed by atoms with Crippen LogP contribution in [0.25, 0.3) is 0 Å². The zero-order valence-corrected chi connectivity index (χ0v) is 15.5. The number of halogens is 1. The lowest BCUT2D eigenvalue weighted by Crippen LogP contribution is -2.59. The van der Waals surface area contributed by atoms with Gasteiger partial charge in [-0.05, 0) is 56.8 Å². The molecule has 4 aliphatic carbocycles. The molecule has 0 radical (unpaired) electrons. The largest absolute Gasteiger partial charge is 0.341 e. The van der Waals surface area contributed by atoms with Crippen molar-refractivity contribution in [1.82, 2.24) is 4.90 Å². The van der Waals surface area contributed by atoms with Crippen molar-refractivity contribution in [2.75, 3.05) is 18.6 Å². The first-order chi connectivity index (χ1) is 10.2. The lowest BCUT2D eigenvalue weighted by molar-refractivity contribution is -0.155. The van der Waals surface area contributed by atoms with Crippen LogP contribution in [-0.4, -0.2) is 48.1 Å². The van der Waals surface area contributed by atoms with E-state index in [1.807, 2.05) is 7.05 Å². The molecule has 1 amide bonds. The summed E-state index contributed by atoms with van der Waals surface area (Å²) in [6.45, 7) is 0. The highest BCUT2D eigenvalue weighted by molar-refractivity contribution is 9.10. The van der Waals surface area contributed by atoms with E-state index < -0.39 is 9.84 Å².